The summed E-state index contributed by atoms with van der Waals surface area (Å²) in [5.74, 6) is -0.673. The van der Waals surface area contributed by atoms with Crippen molar-refractivity contribution in [2.45, 2.75) is 45.1 Å². The Kier molecular flexibility index (Phi) is 5.96. The highest BCUT2D eigenvalue weighted by atomic mass is 32.2. The SMILES string of the molecule is CCCC[S@](=N)(=O)CC[C@](N)(CC)C(=O)O. The van der Waals surface area contributed by atoms with Crippen molar-refractivity contribution in [3.05, 3.63) is 0 Å². The summed E-state index contributed by atoms with van der Waals surface area (Å²) in [6, 6.07) is 0. The van der Waals surface area contributed by atoms with Crippen LogP contribution in [-0.2, 0) is 14.5 Å². The number of carboxylic acids is 1. The van der Waals surface area contributed by atoms with Crippen LogP contribution in [0, 0.1) is 4.78 Å². The number of nitrogens with two attached hydrogens (primary N) is 1. The van der Waals surface area contributed by atoms with E-state index in [9.17, 15) is 9.00 Å². The minimum absolute atomic E-state index is 0.0731. The van der Waals surface area contributed by atoms with Gasteiger partial charge in [0.1, 0.15) is 5.54 Å². The third-order valence-corrected chi connectivity index (χ3v) is 4.57. The molecular formula is C10H22N2O3S. The molecule has 0 aliphatic rings. The summed E-state index contributed by atoms with van der Waals surface area (Å²) < 4.78 is 19.4. The van der Waals surface area contributed by atoms with E-state index >= 15 is 0 Å². The molecule has 16 heavy (non-hydrogen) atoms. The summed E-state index contributed by atoms with van der Waals surface area (Å²) in [5, 5.41) is 8.93. The van der Waals surface area contributed by atoms with E-state index in [0.717, 1.165) is 12.8 Å². The number of unbranched alkanes of at least 4 members (excludes halogenated alkanes) is 1. The van der Waals surface area contributed by atoms with Gasteiger partial charge >= 0.3 is 5.97 Å². The first-order chi connectivity index (χ1) is 7.27. The first-order valence-corrected chi connectivity index (χ1v) is 7.43. The second kappa shape index (κ2) is 6.20. The molecule has 0 saturated heterocycles. The predicted molar refractivity (Wildman–Crippen MR) is 65.0 cm³/mol. The van der Waals surface area contributed by atoms with Gasteiger partial charge in [-0.05, 0) is 19.3 Å². The fourth-order valence-electron chi connectivity index (χ4n) is 1.26. The van der Waals surface area contributed by atoms with Crippen molar-refractivity contribution in [3.8, 4) is 0 Å². The molecule has 96 valence electrons. The smallest absolute Gasteiger partial charge is 0.323 e. The maximum absolute atomic E-state index is 11.7. The Morgan fingerprint density at radius 2 is 2.00 bits per heavy atom. The summed E-state index contributed by atoms with van der Waals surface area (Å²) in [7, 11) is -2.66. The number of aliphatic carboxylic acids is 1. The average molecular weight is 250 g/mol. The van der Waals surface area contributed by atoms with Gasteiger partial charge in [0, 0.05) is 21.2 Å². The quantitative estimate of drug-likeness (QED) is 0.606. The van der Waals surface area contributed by atoms with E-state index in [1.807, 2.05) is 6.92 Å². The lowest BCUT2D eigenvalue weighted by molar-refractivity contribution is -0.143. The number of carboxylic acid groups (broad SMARTS) is 1. The van der Waals surface area contributed by atoms with E-state index in [0.29, 0.717) is 5.75 Å². The molecule has 0 unspecified atom stereocenters. The van der Waals surface area contributed by atoms with Crippen LogP contribution < -0.4 is 5.73 Å². The molecule has 0 fully saturated rings. The van der Waals surface area contributed by atoms with Gasteiger partial charge in [-0.15, -0.1) is 0 Å². The van der Waals surface area contributed by atoms with Gasteiger partial charge < -0.3 is 10.8 Å². The van der Waals surface area contributed by atoms with Crippen LogP contribution >= 0.6 is 0 Å². The average Bonchev–Trinajstić information content (AvgIpc) is 2.23. The Labute approximate surface area is 97.4 Å². The van der Waals surface area contributed by atoms with Crippen LogP contribution in [0.1, 0.15) is 39.5 Å². The fourth-order valence-corrected chi connectivity index (χ4v) is 2.91. The normalized spacial score (nSPS) is 18.7. The number of rotatable bonds is 8. The molecule has 4 N–H and O–H groups in total. The second-order valence-electron chi connectivity index (χ2n) is 4.14. The van der Waals surface area contributed by atoms with Crippen molar-refractivity contribution in [3.63, 3.8) is 0 Å². The molecule has 2 atom stereocenters. The Balaban J connectivity index is 4.37. The topological polar surface area (TPSA) is 104 Å². The van der Waals surface area contributed by atoms with Gasteiger partial charge in [0.15, 0.2) is 0 Å². The standard InChI is InChI=1S/C10H22N2O3S/c1-3-5-7-16(12,15)8-6-10(11,4-2)9(13)14/h12H,3-8,11H2,1-2H3,(H,13,14)/t10-,16+/m1/s1. The molecule has 5 nitrogen and oxygen atoms in total. The molecule has 0 amide bonds. The van der Waals surface area contributed by atoms with Crippen molar-refractivity contribution >= 4 is 15.7 Å². The zero-order valence-electron chi connectivity index (χ0n) is 9.99. The summed E-state index contributed by atoms with van der Waals surface area (Å²) in [6.07, 6.45) is 2.01. The van der Waals surface area contributed by atoms with Crippen molar-refractivity contribution in [1.29, 1.82) is 4.78 Å². The summed E-state index contributed by atoms with van der Waals surface area (Å²) in [6.45, 7) is 3.65. The van der Waals surface area contributed by atoms with E-state index in [4.69, 9.17) is 15.6 Å². The molecule has 0 aromatic heterocycles. The molecule has 0 aliphatic carbocycles. The first kappa shape index (κ1) is 15.4. The Hall–Kier alpha value is -0.620. The highest BCUT2D eigenvalue weighted by Gasteiger charge is 2.32. The van der Waals surface area contributed by atoms with Crippen LogP contribution in [0.4, 0.5) is 0 Å². The van der Waals surface area contributed by atoms with E-state index in [-0.39, 0.29) is 18.6 Å². The van der Waals surface area contributed by atoms with E-state index in [1.54, 1.807) is 6.92 Å². The predicted octanol–water partition coefficient (Wildman–Crippen LogP) is 1.42. The zero-order valence-corrected chi connectivity index (χ0v) is 10.8. The number of nitrogens with one attached hydrogen (secondary N) is 1. The van der Waals surface area contributed by atoms with Gasteiger partial charge in [0.05, 0.1) is 0 Å². The van der Waals surface area contributed by atoms with Gasteiger partial charge in [0.2, 0.25) is 0 Å². The van der Waals surface area contributed by atoms with Gasteiger partial charge in [-0.25, -0.2) is 4.21 Å². The summed E-state index contributed by atoms with van der Waals surface area (Å²) in [4.78, 5) is 10.9. The molecular weight excluding hydrogens is 228 g/mol. The van der Waals surface area contributed by atoms with Crippen LogP contribution in [0.5, 0.6) is 0 Å². The molecule has 0 bridgehead atoms. The van der Waals surface area contributed by atoms with Crippen molar-refractivity contribution in [2.24, 2.45) is 5.73 Å². The molecule has 0 saturated carbocycles. The van der Waals surface area contributed by atoms with Crippen LogP contribution in [0.3, 0.4) is 0 Å². The van der Waals surface area contributed by atoms with Crippen LogP contribution in [0.25, 0.3) is 0 Å². The lowest BCUT2D eigenvalue weighted by Crippen LogP contribution is -2.48. The maximum Gasteiger partial charge on any atom is 0.323 e. The highest BCUT2D eigenvalue weighted by molar-refractivity contribution is 7.92. The Morgan fingerprint density at radius 1 is 1.44 bits per heavy atom. The lowest BCUT2D eigenvalue weighted by atomic mass is 9.95. The highest BCUT2D eigenvalue weighted by Crippen LogP contribution is 2.14. The third kappa shape index (κ3) is 4.94. The number of carbonyl (C=O) groups is 1. The molecule has 0 aliphatic heterocycles. The molecule has 0 aromatic carbocycles. The largest absolute Gasteiger partial charge is 0.480 e. The minimum Gasteiger partial charge on any atom is -0.480 e. The van der Waals surface area contributed by atoms with E-state index in [2.05, 4.69) is 0 Å². The summed E-state index contributed by atoms with van der Waals surface area (Å²) in [5.41, 5.74) is 4.33. The van der Waals surface area contributed by atoms with Gasteiger partial charge in [-0.1, -0.05) is 20.3 Å². The van der Waals surface area contributed by atoms with Crippen molar-refractivity contribution in [2.75, 3.05) is 11.5 Å². The fraction of sp³-hybridized carbons (Fsp3) is 0.900. The Morgan fingerprint density at radius 3 is 2.38 bits per heavy atom. The Bertz CT molecular complexity index is 327. The molecule has 0 spiro atoms. The first-order valence-electron chi connectivity index (χ1n) is 5.54. The third-order valence-electron chi connectivity index (χ3n) is 2.76. The molecule has 0 radical (unpaired) electrons. The number of hydrogen-bond acceptors (Lipinski definition) is 4. The van der Waals surface area contributed by atoms with Crippen LogP contribution in [0.2, 0.25) is 0 Å². The van der Waals surface area contributed by atoms with Gasteiger partial charge in [-0.3, -0.25) is 9.57 Å². The van der Waals surface area contributed by atoms with Gasteiger partial charge in [-0.2, -0.15) is 0 Å². The van der Waals surface area contributed by atoms with Crippen molar-refractivity contribution < 1.29 is 14.1 Å². The monoisotopic (exact) mass is 250 g/mol. The van der Waals surface area contributed by atoms with Crippen LogP contribution in [-0.4, -0.2) is 32.3 Å². The summed E-state index contributed by atoms with van der Waals surface area (Å²) >= 11 is 0. The lowest BCUT2D eigenvalue weighted by Gasteiger charge is -2.23. The maximum atomic E-state index is 11.7. The zero-order chi connectivity index (χ0) is 12.8. The van der Waals surface area contributed by atoms with E-state index in [1.165, 1.54) is 0 Å². The number of hydrogen-bond donors (Lipinski definition) is 3. The molecule has 0 heterocycles. The second-order valence-corrected chi connectivity index (χ2v) is 6.58. The molecule has 6 heteroatoms. The van der Waals surface area contributed by atoms with Crippen molar-refractivity contribution in [1.82, 2.24) is 0 Å². The molecule has 0 rings (SSSR count). The minimum atomic E-state index is -2.66. The van der Waals surface area contributed by atoms with Gasteiger partial charge in [0.25, 0.3) is 0 Å². The van der Waals surface area contributed by atoms with Crippen LogP contribution in [0.15, 0.2) is 0 Å². The van der Waals surface area contributed by atoms with E-state index < -0.39 is 21.2 Å². The molecule has 0 aromatic rings.